The maximum Gasteiger partial charge on any atom is 0.134 e. The minimum Gasteiger partial charge on any atom is -0.399 e. The lowest BCUT2D eigenvalue weighted by molar-refractivity contribution is -0.116. The highest BCUT2D eigenvalue weighted by molar-refractivity contribution is 6.17. The highest BCUT2D eigenvalue weighted by Crippen LogP contribution is 2.16. The van der Waals surface area contributed by atoms with Crippen molar-refractivity contribution in [3.8, 4) is 0 Å². The van der Waals surface area contributed by atoms with Crippen LogP contribution in [0.25, 0.3) is 0 Å². The standard InChI is InChI=1S/C10H12ClNO/c1-7(13)4-9-5-10(12)3-2-8(9)6-11/h2-3,5H,4,6,12H2,1H3. The van der Waals surface area contributed by atoms with Crippen LogP contribution in [0.15, 0.2) is 18.2 Å². The summed E-state index contributed by atoms with van der Waals surface area (Å²) in [4.78, 5) is 10.9. The molecule has 0 amide bonds. The number of Topliss-reactive ketones (excluding diaryl/α,β-unsaturated/α-hetero) is 1. The molecule has 13 heavy (non-hydrogen) atoms. The Hall–Kier alpha value is -1.02. The fraction of sp³-hybridized carbons (Fsp3) is 0.300. The fourth-order valence-corrected chi connectivity index (χ4v) is 1.47. The van der Waals surface area contributed by atoms with Crippen LogP contribution >= 0.6 is 11.6 Å². The van der Waals surface area contributed by atoms with Crippen molar-refractivity contribution in [2.45, 2.75) is 19.2 Å². The molecule has 1 rings (SSSR count). The zero-order valence-electron chi connectivity index (χ0n) is 7.51. The van der Waals surface area contributed by atoms with Gasteiger partial charge in [-0.3, -0.25) is 4.79 Å². The molecule has 1 aromatic rings. The zero-order valence-corrected chi connectivity index (χ0v) is 8.27. The van der Waals surface area contributed by atoms with E-state index in [0.717, 1.165) is 11.1 Å². The van der Waals surface area contributed by atoms with Gasteiger partial charge in [0.25, 0.3) is 0 Å². The highest BCUT2D eigenvalue weighted by atomic mass is 35.5. The van der Waals surface area contributed by atoms with Crippen molar-refractivity contribution in [2.24, 2.45) is 0 Å². The quantitative estimate of drug-likeness (QED) is 0.596. The summed E-state index contributed by atoms with van der Waals surface area (Å²) in [6.07, 6.45) is 0.410. The van der Waals surface area contributed by atoms with E-state index in [1.54, 1.807) is 19.1 Å². The van der Waals surface area contributed by atoms with Crippen LogP contribution in [0, 0.1) is 0 Å². The molecule has 3 heteroatoms. The molecule has 2 N–H and O–H groups in total. The fourth-order valence-electron chi connectivity index (χ4n) is 1.21. The molecule has 0 bridgehead atoms. The van der Waals surface area contributed by atoms with Gasteiger partial charge in [0.1, 0.15) is 5.78 Å². The molecule has 0 fully saturated rings. The molecule has 0 unspecified atom stereocenters. The van der Waals surface area contributed by atoms with E-state index in [9.17, 15) is 4.79 Å². The normalized spacial score (nSPS) is 10.0. The highest BCUT2D eigenvalue weighted by Gasteiger charge is 2.04. The molecule has 70 valence electrons. The van der Waals surface area contributed by atoms with E-state index in [1.807, 2.05) is 6.07 Å². The van der Waals surface area contributed by atoms with E-state index in [2.05, 4.69) is 0 Å². The second kappa shape index (κ2) is 4.28. The number of anilines is 1. The average Bonchev–Trinajstić information content (AvgIpc) is 2.03. The van der Waals surface area contributed by atoms with Crippen LogP contribution in [-0.4, -0.2) is 5.78 Å². The number of hydrogen-bond acceptors (Lipinski definition) is 2. The summed E-state index contributed by atoms with van der Waals surface area (Å²) in [6.45, 7) is 1.56. The number of benzene rings is 1. The van der Waals surface area contributed by atoms with E-state index in [4.69, 9.17) is 17.3 Å². The molecule has 0 spiro atoms. The van der Waals surface area contributed by atoms with Crippen LogP contribution in [0.1, 0.15) is 18.1 Å². The van der Waals surface area contributed by atoms with Crippen molar-refractivity contribution in [2.75, 3.05) is 5.73 Å². The Balaban J connectivity index is 3.01. The predicted molar refractivity (Wildman–Crippen MR) is 54.8 cm³/mol. The van der Waals surface area contributed by atoms with Crippen LogP contribution in [0.3, 0.4) is 0 Å². The Kier molecular flexibility index (Phi) is 3.32. The van der Waals surface area contributed by atoms with Crippen LogP contribution in [-0.2, 0) is 17.1 Å². The lowest BCUT2D eigenvalue weighted by Gasteiger charge is -2.05. The summed E-state index contributed by atoms with van der Waals surface area (Å²) in [5.41, 5.74) is 8.19. The predicted octanol–water partition coefficient (Wildman–Crippen LogP) is 2.14. The third-order valence-electron chi connectivity index (χ3n) is 1.81. The molecule has 0 atom stereocenters. The van der Waals surface area contributed by atoms with Crippen LogP contribution in [0.4, 0.5) is 5.69 Å². The number of hydrogen-bond donors (Lipinski definition) is 1. The van der Waals surface area contributed by atoms with E-state index >= 15 is 0 Å². The summed E-state index contributed by atoms with van der Waals surface area (Å²) >= 11 is 5.72. The number of halogens is 1. The number of rotatable bonds is 3. The molecule has 0 aromatic heterocycles. The first-order chi connectivity index (χ1) is 6.13. The number of ketones is 1. The summed E-state index contributed by atoms with van der Waals surface area (Å²) < 4.78 is 0. The summed E-state index contributed by atoms with van der Waals surface area (Å²) in [7, 11) is 0. The zero-order chi connectivity index (χ0) is 9.84. The van der Waals surface area contributed by atoms with Crippen LogP contribution in [0.5, 0.6) is 0 Å². The Labute approximate surface area is 82.7 Å². The van der Waals surface area contributed by atoms with E-state index in [0.29, 0.717) is 18.0 Å². The first-order valence-electron chi connectivity index (χ1n) is 4.06. The number of nitrogens with two attached hydrogens (primary N) is 1. The van der Waals surface area contributed by atoms with E-state index in [1.165, 1.54) is 0 Å². The molecular weight excluding hydrogens is 186 g/mol. The summed E-state index contributed by atoms with van der Waals surface area (Å²) in [5, 5.41) is 0. The third kappa shape index (κ3) is 2.74. The van der Waals surface area contributed by atoms with Gasteiger partial charge in [-0.2, -0.15) is 0 Å². The molecule has 2 nitrogen and oxygen atoms in total. The van der Waals surface area contributed by atoms with E-state index < -0.39 is 0 Å². The second-order valence-electron chi connectivity index (χ2n) is 3.04. The van der Waals surface area contributed by atoms with Gasteiger partial charge in [0.15, 0.2) is 0 Å². The van der Waals surface area contributed by atoms with Gasteiger partial charge < -0.3 is 5.73 Å². The SMILES string of the molecule is CC(=O)Cc1cc(N)ccc1CCl. The monoisotopic (exact) mass is 197 g/mol. The van der Waals surface area contributed by atoms with Crippen LogP contribution in [0.2, 0.25) is 0 Å². The Morgan fingerprint density at radius 3 is 2.69 bits per heavy atom. The Morgan fingerprint density at radius 1 is 1.46 bits per heavy atom. The number of carbonyl (C=O) groups excluding carboxylic acids is 1. The summed E-state index contributed by atoms with van der Waals surface area (Å²) in [6, 6.07) is 5.46. The first kappa shape index (κ1) is 10.1. The van der Waals surface area contributed by atoms with Crippen molar-refractivity contribution in [1.29, 1.82) is 0 Å². The van der Waals surface area contributed by atoms with Gasteiger partial charge in [0, 0.05) is 18.0 Å². The van der Waals surface area contributed by atoms with Gasteiger partial charge in [-0.1, -0.05) is 6.07 Å². The molecule has 0 saturated heterocycles. The number of nitrogen functional groups attached to an aromatic ring is 1. The van der Waals surface area contributed by atoms with Gasteiger partial charge in [-0.05, 0) is 30.2 Å². The van der Waals surface area contributed by atoms with Crippen molar-refractivity contribution in [3.63, 3.8) is 0 Å². The molecular formula is C10H12ClNO. The second-order valence-corrected chi connectivity index (χ2v) is 3.31. The van der Waals surface area contributed by atoms with Gasteiger partial charge in [-0.25, -0.2) is 0 Å². The lowest BCUT2D eigenvalue weighted by atomic mass is 10.0. The average molecular weight is 198 g/mol. The largest absolute Gasteiger partial charge is 0.399 e. The minimum atomic E-state index is 0.122. The van der Waals surface area contributed by atoms with Gasteiger partial charge >= 0.3 is 0 Å². The third-order valence-corrected chi connectivity index (χ3v) is 2.10. The molecule has 0 saturated carbocycles. The number of alkyl halides is 1. The maximum absolute atomic E-state index is 10.9. The smallest absolute Gasteiger partial charge is 0.134 e. The first-order valence-corrected chi connectivity index (χ1v) is 4.59. The topological polar surface area (TPSA) is 43.1 Å². The number of carbonyl (C=O) groups is 1. The van der Waals surface area contributed by atoms with Gasteiger partial charge in [-0.15, -0.1) is 11.6 Å². The maximum atomic E-state index is 10.9. The van der Waals surface area contributed by atoms with Crippen molar-refractivity contribution in [1.82, 2.24) is 0 Å². The van der Waals surface area contributed by atoms with Crippen molar-refractivity contribution in [3.05, 3.63) is 29.3 Å². The molecule has 1 aromatic carbocycles. The Morgan fingerprint density at radius 2 is 2.15 bits per heavy atom. The molecule has 0 heterocycles. The lowest BCUT2D eigenvalue weighted by Crippen LogP contribution is -2.01. The Bertz CT molecular complexity index is 323. The van der Waals surface area contributed by atoms with Crippen LogP contribution < -0.4 is 5.73 Å². The minimum absolute atomic E-state index is 0.122. The molecule has 0 radical (unpaired) electrons. The molecule has 0 aliphatic rings. The molecule has 0 aliphatic heterocycles. The van der Waals surface area contributed by atoms with Gasteiger partial charge in [0.05, 0.1) is 0 Å². The summed E-state index contributed by atoms with van der Waals surface area (Å²) in [5.74, 6) is 0.542. The van der Waals surface area contributed by atoms with Crippen molar-refractivity contribution < 1.29 is 4.79 Å². The van der Waals surface area contributed by atoms with Gasteiger partial charge in [0.2, 0.25) is 0 Å². The molecule has 0 aliphatic carbocycles. The van der Waals surface area contributed by atoms with Crippen molar-refractivity contribution >= 4 is 23.1 Å². The van der Waals surface area contributed by atoms with E-state index in [-0.39, 0.29) is 5.78 Å².